The van der Waals surface area contributed by atoms with Gasteiger partial charge in [-0.25, -0.2) is 4.79 Å². The molecule has 1 N–H and O–H groups in total. The Hall–Kier alpha value is -1.79. The number of ketones is 2. The van der Waals surface area contributed by atoms with Crippen LogP contribution in [0.1, 0.15) is 13.3 Å². The van der Waals surface area contributed by atoms with Crippen LogP contribution in [0, 0.1) is 0 Å². The van der Waals surface area contributed by atoms with E-state index in [4.69, 9.17) is 14.6 Å². The second-order valence-electron chi connectivity index (χ2n) is 4.21. The Balaban J connectivity index is 2.54. The summed E-state index contributed by atoms with van der Waals surface area (Å²) >= 11 is 0. The molecule has 0 aromatic heterocycles. The Morgan fingerprint density at radius 2 is 2.06 bits per heavy atom. The average molecular weight is 252 g/mol. The van der Waals surface area contributed by atoms with Crippen molar-refractivity contribution in [1.29, 1.82) is 0 Å². The first-order valence-electron chi connectivity index (χ1n) is 5.35. The van der Waals surface area contributed by atoms with Gasteiger partial charge in [-0.15, -0.1) is 0 Å². The van der Waals surface area contributed by atoms with Crippen LogP contribution in [0.4, 0.5) is 0 Å². The van der Waals surface area contributed by atoms with Crippen LogP contribution in [0.5, 0.6) is 0 Å². The average Bonchev–Trinajstić information content (AvgIpc) is 2.33. The summed E-state index contributed by atoms with van der Waals surface area (Å²) in [6.45, 7) is 1.43. The third-order valence-electron chi connectivity index (χ3n) is 3.11. The van der Waals surface area contributed by atoms with Gasteiger partial charge in [0.15, 0.2) is 23.5 Å². The molecule has 1 aliphatic carbocycles. The van der Waals surface area contributed by atoms with E-state index in [0.717, 1.165) is 12.2 Å². The monoisotopic (exact) mass is 252 g/mol. The summed E-state index contributed by atoms with van der Waals surface area (Å²) in [5.74, 6) is -3.46. The van der Waals surface area contributed by atoms with Crippen LogP contribution in [0.3, 0.4) is 0 Å². The highest BCUT2D eigenvalue weighted by molar-refractivity contribution is 6.21. The first-order valence-corrected chi connectivity index (χ1v) is 5.35. The van der Waals surface area contributed by atoms with Crippen molar-refractivity contribution in [1.82, 2.24) is 0 Å². The number of methoxy groups -OCH3 is 1. The summed E-state index contributed by atoms with van der Waals surface area (Å²) in [5, 5.41) is 8.99. The van der Waals surface area contributed by atoms with Gasteiger partial charge in [0.1, 0.15) is 0 Å². The highest BCUT2D eigenvalue weighted by Gasteiger charge is 2.47. The Morgan fingerprint density at radius 3 is 2.61 bits per heavy atom. The van der Waals surface area contributed by atoms with Gasteiger partial charge < -0.3 is 14.6 Å². The maximum Gasteiger partial charge on any atom is 0.333 e. The summed E-state index contributed by atoms with van der Waals surface area (Å²) in [5.41, 5.74) is 0.250. The largest absolute Gasteiger partial charge is 0.479 e. The minimum Gasteiger partial charge on any atom is -0.479 e. The van der Waals surface area contributed by atoms with Gasteiger partial charge in [-0.1, -0.05) is 0 Å². The first-order chi connectivity index (χ1) is 8.39. The van der Waals surface area contributed by atoms with Crippen molar-refractivity contribution in [3.63, 3.8) is 0 Å². The molecule has 0 fully saturated rings. The second kappa shape index (κ2) is 4.15. The number of ether oxygens (including phenoxy) is 2. The molecule has 1 heterocycles. The number of allylic oxidation sites excluding steroid dienone is 2. The minimum atomic E-state index is -1.51. The van der Waals surface area contributed by atoms with Crippen molar-refractivity contribution in [2.24, 2.45) is 0 Å². The Morgan fingerprint density at radius 1 is 1.44 bits per heavy atom. The molecule has 0 amide bonds. The van der Waals surface area contributed by atoms with Gasteiger partial charge in [0.05, 0.1) is 5.57 Å². The predicted octanol–water partition coefficient (Wildman–Crippen LogP) is 0.227. The standard InChI is InChI=1S/C12H12O6/c1-12(17-2)10-6(5-9(18-12)11(15)16)7(13)3-4-8(10)14/h3-4,9H,5H2,1-2H3,(H,15,16). The molecule has 18 heavy (non-hydrogen) atoms. The molecule has 2 atom stereocenters. The summed E-state index contributed by atoms with van der Waals surface area (Å²) in [7, 11) is 1.30. The predicted molar refractivity (Wildman–Crippen MR) is 58.7 cm³/mol. The maximum atomic E-state index is 11.8. The lowest BCUT2D eigenvalue weighted by Gasteiger charge is -2.38. The molecule has 0 aromatic carbocycles. The lowest BCUT2D eigenvalue weighted by Crippen LogP contribution is -2.48. The summed E-state index contributed by atoms with van der Waals surface area (Å²) in [4.78, 5) is 34.6. The number of carbonyl (C=O) groups excluding carboxylic acids is 2. The van der Waals surface area contributed by atoms with E-state index in [2.05, 4.69) is 0 Å². The molecule has 6 nitrogen and oxygen atoms in total. The molecule has 6 heteroatoms. The van der Waals surface area contributed by atoms with Gasteiger partial charge in [-0.3, -0.25) is 9.59 Å². The van der Waals surface area contributed by atoms with Crippen LogP contribution in [0.2, 0.25) is 0 Å². The quantitative estimate of drug-likeness (QED) is 0.707. The Kier molecular flexibility index (Phi) is 2.92. The van der Waals surface area contributed by atoms with E-state index in [1.165, 1.54) is 14.0 Å². The maximum absolute atomic E-state index is 11.8. The highest BCUT2D eigenvalue weighted by atomic mass is 16.7. The van der Waals surface area contributed by atoms with Crippen molar-refractivity contribution in [3.8, 4) is 0 Å². The molecule has 0 aromatic rings. The normalized spacial score (nSPS) is 31.6. The molecule has 1 aliphatic heterocycles. The molecule has 96 valence electrons. The van der Waals surface area contributed by atoms with Crippen molar-refractivity contribution in [2.45, 2.75) is 25.2 Å². The number of carbonyl (C=O) groups is 3. The molecule has 2 aliphatic rings. The smallest absolute Gasteiger partial charge is 0.333 e. The molecular weight excluding hydrogens is 240 g/mol. The fraction of sp³-hybridized carbons (Fsp3) is 0.417. The number of aliphatic carboxylic acids is 1. The molecule has 0 saturated carbocycles. The fourth-order valence-corrected chi connectivity index (χ4v) is 2.15. The van der Waals surface area contributed by atoms with Crippen molar-refractivity contribution < 1.29 is 29.0 Å². The number of carboxylic acids is 1. The molecule has 0 spiro atoms. The topological polar surface area (TPSA) is 89.9 Å². The van der Waals surface area contributed by atoms with Crippen molar-refractivity contribution >= 4 is 17.5 Å². The number of carboxylic acid groups (broad SMARTS) is 1. The van der Waals surface area contributed by atoms with Crippen LogP contribution < -0.4 is 0 Å². The van der Waals surface area contributed by atoms with Crippen LogP contribution in [0.25, 0.3) is 0 Å². The van der Waals surface area contributed by atoms with E-state index < -0.39 is 23.6 Å². The van der Waals surface area contributed by atoms with E-state index >= 15 is 0 Å². The van der Waals surface area contributed by atoms with Gasteiger partial charge in [0.25, 0.3) is 0 Å². The van der Waals surface area contributed by atoms with Crippen LogP contribution in [0.15, 0.2) is 23.3 Å². The second-order valence-corrected chi connectivity index (χ2v) is 4.21. The van der Waals surface area contributed by atoms with E-state index in [9.17, 15) is 14.4 Å². The molecular formula is C12H12O6. The molecule has 0 bridgehead atoms. The van der Waals surface area contributed by atoms with E-state index in [-0.39, 0.29) is 23.4 Å². The van der Waals surface area contributed by atoms with Gasteiger partial charge >= 0.3 is 5.97 Å². The lowest BCUT2D eigenvalue weighted by atomic mass is 9.84. The first kappa shape index (κ1) is 12.7. The Bertz CT molecular complexity index is 501. The van der Waals surface area contributed by atoms with E-state index in [1.807, 2.05) is 0 Å². The van der Waals surface area contributed by atoms with E-state index in [1.54, 1.807) is 0 Å². The van der Waals surface area contributed by atoms with Crippen LogP contribution in [-0.4, -0.2) is 41.6 Å². The third kappa shape index (κ3) is 1.79. The van der Waals surface area contributed by atoms with Gasteiger partial charge in [-0.05, 0) is 19.1 Å². The zero-order valence-electron chi connectivity index (χ0n) is 9.93. The van der Waals surface area contributed by atoms with Crippen LogP contribution in [-0.2, 0) is 23.9 Å². The highest BCUT2D eigenvalue weighted by Crippen LogP contribution is 2.37. The fourth-order valence-electron chi connectivity index (χ4n) is 2.15. The SMILES string of the molecule is COC1(C)OC(C(=O)O)CC2=C1C(=O)C=CC2=O. The number of hydrogen-bond donors (Lipinski definition) is 1. The molecule has 0 saturated heterocycles. The van der Waals surface area contributed by atoms with Gasteiger partial charge in [0, 0.05) is 19.1 Å². The van der Waals surface area contributed by atoms with Gasteiger partial charge in [0.2, 0.25) is 0 Å². The summed E-state index contributed by atoms with van der Waals surface area (Å²) in [6, 6.07) is 0. The number of rotatable bonds is 2. The molecule has 2 unspecified atom stereocenters. The summed E-state index contributed by atoms with van der Waals surface area (Å²) in [6.07, 6.45) is 0.958. The lowest BCUT2D eigenvalue weighted by molar-refractivity contribution is -0.224. The zero-order valence-corrected chi connectivity index (χ0v) is 9.93. The summed E-state index contributed by atoms with van der Waals surface area (Å²) < 4.78 is 10.4. The molecule has 0 radical (unpaired) electrons. The van der Waals surface area contributed by atoms with Crippen molar-refractivity contribution in [2.75, 3.05) is 7.11 Å². The van der Waals surface area contributed by atoms with Gasteiger partial charge in [-0.2, -0.15) is 0 Å². The van der Waals surface area contributed by atoms with Crippen LogP contribution >= 0.6 is 0 Å². The van der Waals surface area contributed by atoms with E-state index in [0.29, 0.717) is 0 Å². The third-order valence-corrected chi connectivity index (χ3v) is 3.11. The molecule has 2 rings (SSSR count). The van der Waals surface area contributed by atoms with Crippen molar-refractivity contribution in [3.05, 3.63) is 23.3 Å². The minimum absolute atomic E-state index is 0.0926. The number of hydrogen-bond acceptors (Lipinski definition) is 5. The zero-order chi connectivity index (χ0) is 13.5. The Labute approximate surface area is 103 Å².